The zero-order chi connectivity index (χ0) is 33.6. The van der Waals surface area contributed by atoms with E-state index in [0.29, 0.717) is 62.3 Å². The van der Waals surface area contributed by atoms with Gasteiger partial charge in [-0.15, -0.1) is 5.10 Å². The lowest BCUT2D eigenvalue weighted by Crippen LogP contribution is -2.29. The van der Waals surface area contributed by atoms with E-state index in [0.717, 1.165) is 26.7 Å². The van der Waals surface area contributed by atoms with E-state index < -0.39 is 12.0 Å². The summed E-state index contributed by atoms with van der Waals surface area (Å²) < 4.78 is 21.6. The summed E-state index contributed by atoms with van der Waals surface area (Å²) in [6.07, 6.45) is 0. The molecule has 1 N–H and O–H groups in total. The number of fused-ring (bicyclic) bond motifs is 1. The molecule has 48 heavy (non-hydrogen) atoms. The Labute approximate surface area is 305 Å². The summed E-state index contributed by atoms with van der Waals surface area (Å²) in [6.45, 7) is 4.63. The Morgan fingerprint density at radius 1 is 0.958 bits per heavy atom. The summed E-state index contributed by atoms with van der Waals surface area (Å²) in [5.41, 5.74) is 4.62. The van der Waals surface area contributed by atoms with Crippen LogP contribution in [0.5, 0.6) is 11.5 Å². The maximum Gasteiger partial charge on any atom is 0.338 e. The Bertz CT molecular complexity index is 1970. The zero-order valence-electron chi connectivity index (χ0n) is 26.1. The van der Waals surface area contributed by atoms with E-state index in [1.165, 1.54) is 11.8 Å². The van der Waals surface area contributed by atoms with Crippen molar-refractivity contribution in [3.8, 4) is 11.5 Å². The molecule has 1 aliphatic heterocycles. The average Bonchev–Trinajstić information content (AvgIpc) is 3.48. The van der Waals surface area contributed by atoms with Gasteiger partial charge in [-0.1, -0.05) is 100.0 Å². The first-order valence-electron chi connectivity index (χ1n) is 15.2. The van der Waals surface area contributed by atoms with Gasteiger partial charge in [0.15, 0.2) is 11.5 Å². The van der Waals surface area contributed by atoms with Gasteiger partial charge in [0.2, 0.25) is 11.1 Å². The molecule has 0 spiro atoms. The van der Waals surface area contributed by atoms with Crippen molar-refractivity contribution in [1.29, 1.82) is 0 Å². The number of anilines is 1. The predicted octanol–water partition coefficient (Wildman–Crippen LogP) is 9.76. The molecule has 0 saturated heterocycles. The van der Waals surface area contributed by atoms with Gasteiger partial charge in [0.1, 0.15) is 19.3 Å². The fourth-order valence-corrected chi connectivity index (χ4v) is 7.39. The molecule has 0 saturated carbocycles. The number of halogens is 3. The van der Waals surface area contributed by atoms with Gasteiger partial charge in [0.25, 0.3) is 0 Å². The van der Waals surface area contributed by atoms with Gasteiger partial charge in [-0.25, -0.2) is 9.48 Å². The first-order valence-corrected chi connectivity index (χ1v) is 18.1. The van der Waals surface area contributed by atoms with Gasteiger partial charge in [-0.3, -0.25) is 0 Å². The molecular formula is C36H31Br2ClN4O4S. The number of nitrogens with one attached hydrogen (secondary N) is 1. The van der Waals surface area contributed by atoms with Crippen molar-refractivity contribution in [1.82, 2.24) is 14.8 Å². The predicted molar refractivity (Wildman–Crippen MR) is 196 cm³/mol. The second-order valence-electron chi connectivity index (χ2n) is 10.9. The molecule has 4 aromatic carbocycles. The summed E-state index contributed by atoms with van der Waals surface area (Å²) >= 11 is 15.1. The summed E-state index contributed by atoms with van der Waals surface area (Å²) in [5.74, 6) is 1.70. The molecule has 1 aliphatic rings. The molecule has 0 amide bonds. The van der Waals surface area contributed by atoms with Crippen LogP contribution >= 0.6 is 55.2 Å². The molecule has 1 atom stereocenters. The number of carbonyl (C=O) groups excluding carboxylic acids is 1. The fraction of sp³-hybridized carbons (Fsp3) is 0.194. The Morgan fingerprint density at radius 2 is 1.73 bits per heavy atom. The van der Waals surface area contributed by atoms with Gasteiger partial charge < -0.3 is 19.5 Å². The van der Waals surface area contributed by atoms with E-state index in [9.17, 15) is 4.79 Å². The third-order valence-corrected chi connectivity index (χ3v) is 9.84. The molecule has 0 fully saturated rings. The summed E-state index contributed by atoms with van der Waals surface area (Å²) in [6, 6.07) is 28.3. The molecule has 8 nitrogen and oxygen atoms in total. The van der Waals surface area contributed by atoms with Crippen LogP contribution in [0.2, 0.25) is 5.02 Å². The van der Waals surface area contributed by atoms with Crippen molar-refractivity contribution in [2.45, 2.75) is 44.0 Å². The first kappa shape index (κ1) is 34.1. The van der Waals surface area contributed by atoms with E-state index in [-0.39, 0.29) is 6.61 Å². The lowest BCUT2D eigenvalue weighted by Gasteiger charge is -2.29. The standard InChI is InChI=1S/C36H31Br2ClN4O4S/c1-3-45-30-18-26(17-28(38)33(30)46-20-24-12-9-14-27(37)16-24)32-31(34(44)47-19-23-10-5-4-6-11-23)22(2)40-35-41-36(42-43(32)35)48-21-25-13-7-8-15-29(25)39/h4-18,32H,3,19-21H2,1-2H3,(H,40,41,42). The number of thioether (sulfide) groups is 1. The van der Waals surface area contributed by atoms with Crippen molar-refractivity contribution < 1.29 is 19.0 Å². The highest BCUT2D eigenvalue weighted by Crippen LogP contribution is 2.44. The maximum absolute atomic E-state index is 13.9. The van der Waals surface area contributed by atoms with Crippen molar-refractivity contribution in [2.24, 2.45) is 0 Å². The summed E-state index contributed by atoms with van der Waals surface area (Å²) in [7, 11) is 0. The zero-order valence-corrected chi connectivity index (χ0v) is 30.8. The van der Waals surface area contributed by atoms with Crippen LogP contribution in [0.1, 0.15) is 42.1 Å². The van der Waals surface area contributed by atoms with Gasteiger partial charge in [-0.05, 0) is 82.4 Å². The lowest BCUT2D eigenvalue weighted by atomic mass is 9.95. The van der Waals surface area contributed by atoms with Gasteiger partial charge in [0, 0.05) is 20.9 Å². The molecule has 0 aliphatic carbocycles. The van der Waals surface area contributed by atoms with Crippen molar-refractivity contribution in [2.75, 3.05) is 11.9 Å². The maximum atomic E-state index is 13.9. The third kappa shape index (κ3) is 7.92. The van der Waals surface area contributed by atoms with E-state index in [1.54, 1.807) is 4.68 Å². The molecule has 1 unspecified atom stereocenters. The minimum Gasteiger partial charge on any atom is -0.490 e. The average molecular weight is 811 g/mol. The number of benzene rings is 4. The van der Waals surface area contributed by atoms with E-state index in [4.69, 9.17) is 35.9 Å². The normalized spacial score (nSPS) is 13.9. The largest absolute Gasteiger partial charge is 0.490 e. The van der Waals surface area contributed by atoms with Crippen LogP contribution in [0.15, 0.2) is 116 Å². The number of hydrogen-bond donors (Lipinski definition) is 1. The number of carbonyl (C=O) groups is 1. The molecule has 0 radical (unpaired) electrons. The topological polar surface area (TPSA) is 87.5 Å². The van der Waals surface area contributed by atoms with Crippen LogP contribution in [0.25, 0.3) is 0 Å². The lowest BCUT2D eigenvalue weighted by molar-refractivity contribution is -0.140. The van der Waals surface area contributed by atoms with Crippen LogP contribution in [-0.2, 0) is 28.5 Å². The Morgan fingerprint density at radius 3 is 2.50 bits per heavy atom. The number of allylic oxidation sites excluding steroid dienone is 1. The van der Waals surface area contributed by atoms with Crippen LogP contribution < -0.4 is 14.8 Å². The number of aromatic nitrogens is 3. The van der Waals surface area contributed by atoms with Crippen LogP contribution in [0, 0.1) is 0 Å². The minimum atomic E-state index is -0.679. The van der Waals surface area contributed by atoms with E-state index >= 15 is 0 Å². The second-order valence-corrected chi connectivity index (χ2v) is 14.0. The molecular weight excluding hydrogens is 780 g/mol. The first-order chi connectivity index (χ1) is 23.3. The van der Waals surface area contributed by atoms with Crippen LogP contribution in [0.4, 0.5) is 5.95 Å². The van der Waals surface area contributed by atoms with Crippen molar-refractivity contribution >= 4 is 67.1 Å². The quantitative estimate of drug-likeness (QED) is 0.0985. The number of hydrogen-bond acceptors (Lipinski definition) is 8. The molecule has 5 aromatic rings. The SMILES string of the molecule is CCOc1cc(C2C(C(=O)OCc3ccccc3)=C(C)Nc3nc(SCc4ccccc4Cl)nn32)cc(Br)c1OCc1cccc(Br)c1. The fourth-order valence-electron chi connectivity index (χ4n) is 5.25. The number of ether oxygens (including phenoxy) is 3. The molecule has 6 rings (SSSR count). The van der Waals surface area contributed by atoms with E-state index in [1.807, 2.05) is 105 Å². The van der Waals surface area contributed by atoms with Gasteiger partial charge >= 0.3 is 5.97 Å². The molecule has 0 bridgehead atoms. The highest BCUT2D eigenvalue weighted by atomic mass is 79.9. The van der Waals surface area contributed by atoms with Crippen molar-refractivity contribution in [3.63, 3.8) is 0 Å². The highest BCUT2D eigenvalue weighted by Gasteiger charge is 2.36. The van der Waals surface area contributed by atoms with Gasteiger partial charge in [-0.2, -0.15) is 4.98 Å². The summed E-state index contributed by atoms with van der Waals surface area (Å²) in [4.78, 5) is 18.7. The minimum absolute atomic E-state index is 0.128. The Balaban J connectivity index is 1.36. The van der Waals surface area contributed by atoms with Crippen LogP contribution in [0.3, 0.4) is 0 Å². The number of esters is 1. The smallest absolute Gasteiger partial charge is 0.338 e. The highest BCUT2D eigenvalue weighted by molar-refractivity contribution is 9.10. The van der Waals surface area contributed by atoms with Gasteiger partial charge in [0.05, 0.1) is 16.7 Å². The molecule has 246 valence electrons. The molecule has 12 heteroatoms. The number of rotatable bonds is 12. The summed E-state index contributed by atoms with van der Waals surface area (Å²) in [5, 5.41) is 9.38. The third-order valence-electron chi connectivity index (χ3n) is 7.50. The molecule has 2 heterocycles. The van der Waals surface area contributed by atoms with Crippen molar-refractivity contribution in [3.05, 3.63) is 138 Å². The number of nitrogens with zero attached hydrogens (tertiary/aromatic N) is 3. The Kier molecular flexibility index (Phi) is 11.1. The van der Waals surface area contributed by atoms with E-state index in [2.05, 4.69) is 37.2 Å². The second kappa shape index (κ2) is 15.6. The molecule has 1 aromatic heterocycles. The van der Waals surface area contributed by atoms with Crippen LogP contribution in [-0.4, -0.2) is 27.3 Å². The Hall–Kier alpha value is -3.77. The monoisotopic (exact) mass is 808 g/mol.